The first kappa shape index (κ1) is 10.8. The second-order valence-electron chi connectivity index (χ2n) is 4.90. The summed E-state index contributed by atoms with van der Waals surface area (Å²) in [6, 6.07) is 6.17. The molecule has 0 aliphatic heterocycles. The van der Waals surface area contributed by atoms with Crippen LogP contribution in [0.5, 0.6) is 0 Å². The summed E-state index contributed by atoms with van der Waals surface area (Å²) in [7, 11) is 0. The van der Waals surface area contributed by atoms with Gasteiger partial charge in [0.1, 0.15) is 0 Å². The lowest BCUT2D eigenvalue weighted by molar-refractivity contribution is 0.395. The maximum absolute atomic E-state index is 5.72. The van der Waals surface area contributed by atoms with Gasteiger partial charge in [-0.2, -0.15) is 0 Å². The van der Waals surface area contributed by atoms with E-state index < -0.39 is 0 Å². The Morgan fingerprint density at radius 3 is 2.82 bits per heavy atom. The predicted octanol–water partition coefficient (Wildman–Crippen LogP) is 3.33. The smallest absolute Gasteiger partial charge is 0.171 e. The van der Waals surface area contributed by atoms with E-state index in [-0.39, 0.29) is 0 Å². The summed E-state index contributed by atoms with van der Waals surface area (Å²) in [5.74, 6) is 0.582. The van der Waals surface area contributed by atoms with Gasteiger partial charge in [0.15, 0.2) is 5.58 Å². The molecule has 90 valence electrons. The van der Waals surface area contributed by atoms with Gasteiger partial charge in [0.2, 0.25) is 0 Å². The summed E-state index contributed by atoms with van der Waals surface area (Å²) in [5, 5.41) is 5.46. The molecule has 0 saturated heterocycles. The number of hydrogen-bond acceptors (Lipinski definition) is 3. The van der Waals surface area contributed by atoms with E-state index in [9.17, 15) is 0 Å². The molecule has 2 aromatic rings. The molecule has 1 aromatic heterocycles. The molecule has 0 unspecified atom stereocenters. The predicted molar refractivity (Wildman–Crippen MR) is 67.7 cm³/mol. The average molecular weight is 230 g/mol. The second-order valence-corrected chi connectivity index (χ2v) is 4.90. The minimum absolute atomic E-state index is 0.511. The van der Waals surface area contributed by atoms with E-state index in [4.69, 9.17) is 10.3 Å². The quantitative estimate of drug-likeness (QED) is 0.860. The van der Waals surface area contributed by atoms with Gasteiger partial charge < -0.3 is 10.3 Å². The summed E-state index contributed by atoms with van der Waals surface area (Å²) >= 11 is 0. The monoisotopic (exact) mass is 230 g/mol. The van der Waals surface area contributed by atoms with Crippen molar-refractivity contribution in [2.75, 3.05) is 0 Å². The molecule has 1 aliphatic rings. The molecule has 3 heteroatoms. The molecule has 3 rings (SSSR count). The molecule has 0 bridgehead atoms. The van der Waals surface area contributed by atoms with E-state index in [2.05, 4.69) is 11.2 Å². The van der Waals surface area contributed by atoms with Crippen molar-refractivity contribution < 1.29 is 4.52 Å². The fourth-order valence-electron chi connectivity index (χ4n) is 2.87. The SMILES string of the molecule is NCc1cccc2c(C3CCCCC3)noc12. The van der Waals surface area contributed by atoms with E-state index >= 15 is 0 Å². The van der Waals surface area contributed by atoms with Crippen LogP contribution < -0.4 is 5.73 Å². The van der Waals surface area contributed by atoms with Gasteiger partial charge in [-0.25, -0.2) is 0 Å². The molecular formula is C14H18N2O. The van der Waals surface area contributed by atoms with Crippen molar-refractivity contribution in [3.8, 4) is 0 Å². The van der Waals surface area contributed by atoms with Crippen molar-refractivity contribution in [2.45, 2.75) is 44.6 Å². The van der Waals surface area contributed by atoms with E-state index in [1.807, 2.05) is 12.1 Å². The summed E-state index contributed by atoms with van der Waals surface area (Å²) in [5.41, 5.74) is 8.80. The third kappa shape index (κ3) is 1.84. The van der Waals surface area contributed by atoms with Gasteiger partial charge in [0.25, 0.3) is 0 Å². The molecule has 0 spiro atoms. The normalized spacial score (nSPS) is 17.7. The molecule has 0 amide bonds. The Labute approximate surface area is 101 Å². The maximum atomic E-state index is 5.72. The second kappa shape index (κ2) is 4.49. The number of para-hydroxylation sites is 1. The van der Waals surface area contributed by atoms with Crippen molar-refractivity contribution in [3.63, 3.8) is 0 Å². The van der Waals surface area contributed by atoms with E-state index in [1.54, 1.807) is 0 Å². The lowest BCUT2D eigenvalue weighted by Crippen LogP contribution is -2.05. The molecule has 1 saturated carbocycles. The largest absolute Gasteiger partial charge is 0.356 e. The number of nitrogens with zero attached hydrogens (tertiary/aromatic N) is 1. The van der Waals surface area contributed by atoms with Crippen LogP contribution in [-0.4, -0.2) is 5.16 Å². The zero-order chi connectivity index (χ0) is 11.7. The van der Waals surface area contributed by atoms with Crippen molar-refractivity contribution in [2.24, 2.45) is 5.73 Å². The maximum Gasteiger partial charge on any atom is 0.171 e. The van der Waals surface area contributed by atoms with Gasteiger partial charge in [-0.3, -0.25) is 0 Å². The third-order valence-electron chi connectivity index (χ3n) is 3.82. The average Bonchev–Trinajstić information content (AvgIpc) is 2.83. The Morgan fingerprint density at radius 1 is 1.24 bits per heavy atom. The lowest BCUT2D eigenvalue weighted by atomic mass is 9.86. The van der Waals surface area contributed by atoms with Crippen LogP contribution in [0.3, 0.4) is 0 Å². The van der Waals surface area contributed by atoms with Crippen molar-refractivity contribution in [3.05, 3.63) is 29.5 Å². The number of benzene rings is 1. The molecule has 1 aliphatic carbocycles. The highest BCUT2D eigenvalue weighted by molar-refractivity contribution is 5.82. The Kier molecular flexibility index (Phi) is 2.85. The van der Waals surface area contributed by atoms with E-state index in [0.29, 0.717) is 12.5 Å². The van der Waals surface area contributed by atoms with Crippen LogP contribution in [0.4, 0.5) is 0 Å². The highest BCUT2D eigenvalue weighted by atomic mass is 16.5. The Balaban J connectivity index is 2.05. The van der Waals surface area contributed by atoms with Crippen LogP contribution in [0.15, 0.2) is 22.7 Å². The van der Waals surface area contributed by atoms with E-state index in [0.717, 1.165) is 16.8 Å². The first-order chi connectivity index (χ1) is 8.40. The number of hydrogen-bond donors (Lipinski definition) is 1. The van der Waals surface area contributed by atoms with E-state index in [1.165, 1.54) is 37.5 Å². The van der Waals surface area contributed by atoms with Crippen LogP contribution in [0.1, 0.15) is 49.3 Å². The topological polar surface area (TPSA) is 52.0 Å². The van der Waals surface area contributed by atoms with Crippen molar-refractivity contribution in [1.82, 2.24) is 5.16 Å². The van der Waals surface area contributed by atoms with Crippen LogP contribution in [-0.2, 0) is 6.54 Å². The fourth-order valence-corrected chi connectivity index (χ4v) is 2.87. The van der Waals surface area contributed by atoms with Gasteiger partial charge in [-0.15, -0.1) is 0 Å². The molecule has 1 heterocycles. The molecule has 0 atom stereocenters. The first-order valence-electron chi connectivity index (χ1n) is 6.47. The molecule has 3 nitrogen and oxygen atoms in total. The van der Waals surface area contributed by atoms with Crippen LogP contribution in [0.25, 0.3) is 11.0 Å². The highest BCUT2D eigenvalue weighted by Gasteiger charge is 2.22. The molecule has 17 heavy (non-hydrogen) atoms. The molecule has 1 fully saturated rings. The fraction of sp³-hybridized carbons (Fsp3) is 0.500. The van der Waals surface area contributed by atoms with Crippen LogP contribution in [0, 0.1) is 0 Å². The number of fused-ring (bicyclic) bond motifs is 1. The number of rotatable bonds is 2. The lowest BCUT2D eigenvalue weighted by Gasteiger charge is -2.19. The zero-order valence-electron chi connectivity index (χ0n) is 9.98. The van der Waals surface area contributed by atoms with Gasteiger partial charge in [-0.05, 0) is 18.9 Å². The van der Waals surface area contributed by atoms with Crippen LogP contribution >= 0.6 is 0 Å². The Bertz CT molecular complexity index is 512. The minimum Gasteiger partial charge on any atom is -0.356 e. The van der Waals surface area contributed by atoms with Gasteiger partial charge in [-0.1, -0.05) is 36.6 Å². The van der Waals surface area contributed by atoms with Gasteiger partial charge in [0, 0.05) is 23.4 Å². The van der Waals surface area contributed by atoms with Crippen molar-refractivity contribution in [1.29, 1.82) is 0 Å². The molecular weight excluding hydrogens is 212 g/mol. The summed E-state index contributed by atoms with van der Waals surface area (Å²) in [6.45, 7) is 0.511. The first-order valence-corrected chi connectivity index (χ1v) is 6.47. The zero-order valence-corrected chi connectivity index (χ0v) is 9.98. The summed E-state index contributed by atoms with van der Waals surface area (Å²) in [6.07, 6.45) is 6.48. The standard InChI is InChI=1S/C14H18N2O/c15-9-11-7-4-8-12-13(16-17-14(11)12)10-5-2-1-3-6-10/h4,7-8,10H,1-3,5-6,9,15H2. The number of nitrogens with two attached hydrogens (primary N) is 1. The molecule has 0 radical (unpaired) electrons. The minimum atomic E-state index is 0.511. The molecule has 2 N–H and O–H groups in total. The van der Waals surface area contributed by atoms with Gasteiger partial charge >= 0.3 is 0 Å². The summed E-state index contributed by atoms with van der Waals surface area (Å²) in [4.78, 5) is 0. The number of aromatic nitrogens is 1. The Morgan fingerprint density at radius 2 is 2.06 bits per heavy atom. The highest BCUT2D eigenvalue weighted by Crippen LogP contribution is 2.36. The van der Waals surface area contributed by atoms with Gasteiger partial charge in [0.05, 0.1) is 5.69 Å². The van der Waals surface area contributed by atoms with Crippen LogP contribution in [0.2, 0.25) is 0 Å². The van der Waals surface area contributed by atoms with Crippen molar-refractivity contribution >= 4 is 11.0 Å². The third-order valence-corrected chi connectivity index (χ3v) is 3.82. The summed E-state index contributed by atoms with van der Waals surface area (Å²) < 4.78 is 5.49. The Hall–Kier alpha value is -1.35. The molecule has 1 aromatic carbocycles.